The number of amides is 1. The predicted octanol–water partition coefficient (Wildman–Crippen LogP) is 3.99. The summed E-state index contributed by atoms with van der Waals surface area (Å²) in [6.45, 7) is 2.49. The summed E-state index contributed by atoms with van der Waals surface area (Å²) in [4.78, 5) is 21.2. The Morgan fingerprint density at radius 1 is 1.10 bits per heavy atom. The minimum absolute atomic E-state index is 0.0509. The molecular formula is C21H21ClFN3O3S2. The average Bonchev–Trinajstić information content (AvgIpc) is 3.17. The molecule has 1 amide bonds. The fraction of sp³-hybridized carbons (Fsp3) is 0.333. The zero-order chi connectivity index (χ0) is 22.0. The first kappa shape index (κ1) is 22.0. The molecule has 164 valence electrons. The molecule has 0 bridgehead atoms. The molecule has 0 saturated carbocycles. The number of fused-ring (bicyclic) bond motifs is 1. The van der Waals surface area contributed by atoms with Crippen molar-refractivity contribution in [1.82, 2.24) is 9.88 Å². The monoisotopic (exact) mass is 481 g/mol. The fourth-order valence-corrected chi connectivity index (χ4v) is 6.10. The molecule has 1 aliphatic heterocycles. The van der Waals surface area contributed by atoms with Gasteiger partial charge in [-0.3, -0.25) is 4.79 Å². The van der Waals surface area contributed by atoms with E-state index < -0.39 is 15.7 Å². The van der Waals surface area contributed by atoms with Crippen LogP contribution in [0.1, 0.15) is 12.8 Å². The van der Waals surface area contributed by atoms with Gasteiger partial charge in [-0.25, -0.2) is 17.8 Å². The van der Waals surface area contributed by atoms with Crippen LogP contribution in [-0.2, 0) is 14.6 Å². The molecule has 2 aromatic carbocycles. The molecule has 0 radical (unpaired) electrons. The van der Waals surface area contributed by atoms with Crippen LogP contribution < -0.4 is 4.90 Å². The molecule has 1 aromatic heterocycles. The molecule has 31 heavy (non-hydrogen) atoms. The van der Waals surface area contributed by atoms with E-state index in [0.717, 1.165) is 27.5 Å². The van der Waals surface area contributed by atoms with Gasteiger partial charge in [-0.15, -0.1) is 0 Å². The lowest BCUT2D eigenvalue weighted by Gasteiger charge is -2.34. The Labute approximate surface area is 189 Å². The lowest BCUT2D eigenvalue weighted by molar-refractivity contribution is -0.131. The van der Waals surface area contributed by atoms with Crippen molar-refractivity contribution in [2.75, 3.05) is 36.8 Å². The molecule has 10 heteroatoms. The van der Waals surface area contributed by atoms with Crippen LogP contribution in [0.4, 0.5) is 9.52 Å². The van der Waals surface area contributed by atoms with E-state index in [1.54, 1.807) is 16.2 Å². The third-order valence-electron chi connectivity index (χ3n) is 5.22. The van der Waals surface area contributed by atoms with Gasteiger partial charge in [0.2, 0.25) is 5.91 Å². The van der Waals surface area contributed by atoms with E-state index >= 15 is 0 Å². The van der Waals surface area contributed by atoms with E-state index in [0.29, 0.717) is 31.2 Å². The largest absolute Gasteiger partial charge is 0.345 e. The number of anilines is 1. The summed E-state index contributed by atoms with van der Waals surface area (Å²) in [5.74, 6) is -0.675. The van der Waals surface area contributed by atoms with Gasteiger partial charge in [-0.05, 0) is 48.9 Å². The Morgan fingerprint density at radius 2 is 1.81 bits per heavy atom. The molecule has 0 N–H and O–H groups in total. The number of halogens is 2. The van der Waals surface area contributed by atoms with Gasteiger partial charge >= 0.3 is 0 Å². The van der Waals surface area contributed by atoms with Crippen LogP contribution in [0, 0.1) is 5.82 Å². The maximum absolute atomic E-state index is 13.0. The van der Waals surface area contributed by atoms with Gasteiger partial charge in [0.05, 0.1) is 20.9 Å². The highest BCUT2D eigenvalue weighted by atomic mass is 35.5. The molecule has 0 atom stereocenters. The molecule has 0 aliphatic carbocycles. The predicted molar refractivity (Wildman–Crippen MR) is 121 cm³/mol. The van der Waals surface area contributed by atoms with Crippen molar-refractivity contribution in [3.05, 3.63) is 53.3 Å². The second kappa shape index (κ2) is 9.10. The Hall–Kier alpha value is -2.23. The van der Waals surface area contributed by atoms with E-state index in [1.165, 1.54) is 12.1 Å². The number of thiazole rings is 1. The highest BCUT2D eigenvalue weighted by Gasteiger charge is 2.24. The number of carbonyl (C=O) groups is 1. The smallest absolute Gasteiger partial charge is 0.222 e. The minimum Gasteiger partial charge on any atom is -0.345 e. The SMILES string of the molecule is O=C(CCCS(=O)(=O)c1ccc(F)cc1)N1CCN(c2nc3ccc(Cl)cc3s2)CC1. The van der Waals surface area contributed by atoms with Crippen LogP contribution in [0.2, 0.25) is 5.02 Å². The third kappa shape index (κ3) is 5.16. The number of sulfone groups is 1. The van der Waals surface area contributed by atoms with E-state index in [9.17, 15) is 17.6 Å². The first-order chi connectivity index (χ1) is 14.8. The number of rotatable bonds is 6. The summed E-state index contributed by atoms with van der Waals surface area (Å²) < 4.78 is 38.7. The summed E-state index contributed by atoms with van der Waals surface area (Å²) >= 11 is 7.63. The molecule has 2 heterocycles. The van der Waals surface area contributed by atoms with Crippen LogP contribution >= 0.6 is 22.9 Å². The van der Waals surface area contributed by atoms with E-state index in [-0.39, 0.29) is 29.4 Å². The number of hydrogen-bond donors (Lipinski definition) is 0. The highest BCUT2D eigenvalue weighted by molar-refractivity contribution is 7.91. The number of carbonyl (C=O) groups excluding carboxylic acids is 1. The van der Waals surface area contributed by atoms with Crippen LogP contribution in [0.25, 0.3) is 10.2 Å². The van der Waals surface area contributed by atoms with Gasteiger partial charge in [0.25, 0.3) is 0 Å². The topological polar surface area (TPSA) is 70.6 Å². The van der Waals surface area contributed by atoms with Gasteiger partial charge < -0.3 is 9.80 Å². The van der Waals surface area contributed by atoms with E-state index in [4.69, 9.17) is 11.6 Å². The van der Waals surface area contributed by atoms with Crippen molar-refractivity contribution in [3.8, 4) is 0 Å². The van der Waals surface area contributed by atoms with Crippen LogP contribution in [0.5, 0.6) is 0 Å². The second-order valence-corrected chi connectivity index (χ2v) is 10.9. The van der Waals surface area contributed by atoms with Crippen molar-refractivity contribution >= 4 is 54.0 Å². The lowest BCUT2D eigenvalue weighted by atomic mass is 10.2. The molecule has 0 spiro atoms. The molecule has 3 aromatic rings. The zero-order valence-electron chi connectivity index (χ0n) is 16.6. The van der Waals surface area contributed by atoms with Crippen molar-refractivity contribution < 1.29 is 17.6 Å². The summed E-state index contributed by atoms with van der Waals surface area (Å²) in [6, 6.07) is 10.4. The molecule has 1 aliphatic rings. The van der Waals surface area contributed by atoms with E-state index in [1.807, 2.05) is 18.2 Å². The number of hydrogen-bond acceptors (Lipinski definition) is 6. The fourth-order valence-electron chi connectivity index (χ4n) is 3.50. The van der Waals surface area contributed by atoms with Crippen molar-refractivity contribution in [3.63, 3.8) is 0 Å². The Bertz CT molecular complexity index is 1190. The van der Waals surface area contributed by atoms with Gasteiger partial charge in [0, 0.05) is 37.6 Å². The molecular weight excluding hydrogens is 461 g/mol. The Morgan fingerprint density at radius 3 is 2.52 bits per heavy atom. The number of benzene rings is 2. The first-order valence-electron chi connectivity index (χ1n) is 9.89. The van der Waals surface area contributed by atoms with Crippen molar-refractivity contribution in [2.45, 2.75) is 17.7 Å². The maximum Gasteiger partial charge on any atom is 0.222 e. The Kier molecular flexibility index (Phi) is 6.45. The van der Waals surface area contributed by atoms with Crippen LogP contribution in [0.3, 0.4) is 0 Å². The highest BCUT2D eigenvalue weighted by Crippen LogP contribution is 2.31. The van der Waals surface area contributed by atoms with E-state index in [2.05, 4.69) is 9.88 Å². The number of piperazine rings is 1. The lowest BCUT2D eigenvalue weighted by Crippen LogP contribution is -2.48. The second-order valence-electron chi connectivity index (χ2n) is 7.35. The van der Waals surface area contributed by atoms with Gasteiger partial charge in [-0.1, -0.05) is 22.9 Å². The van der Waals surface area contributed by atoms with Gasteiger partial charge in [0.15, 0.2) is 15.0 Å². The summed E-state index contributed by atoms with van der Waals surface area (Å²) in [7, 11) is -3.53. The number of aromatic nitrogens is 1. The number of nitrogens with zero attached hydrogens (tertiary/aromatic N) is 3. The first-order valence-corrected chi connectivity index (χ1v) is 12.7. The molecule has 0 unspecified atom stereocenters. The zero-order valence-corrected chi connectivity index (χ0v) is 19.0. The molecule has 1 fully saturated rings. The quantitative estimate of drug-likeness (QED) is 0.498. The standard InChI is InChI=1S/C21H21ClFN3O3S2/c22-15-3-8-18-19(14-15)30-21(24-18)26-11-9-25(10-12-26)20(27)2-1-13-31(28,29)17-6-4-16(23)5-7-17/h3-8,14H,1-2,9-13H2. The Balaban J connectivity index is 1.27. The molecule has 6 nitrogen and oxygen atoms in total. The van der Waals surface area contributed by atoms with Gasteiger partial charge in [-0.2, -0.15) is 0 Å². The van der Waals surface area contributed by atoms with Crippen LogP contribution in [-0.4, -0.2) is 56.1 Å². The third-order valence-corrected chi connectivity index (χ3v) is 8.35. The van der Waals surface area contributed by atoms with Gasteiger partial charge in [0.1, 0.15) is 5.82 Å². The molecule has 4 rings (SSSR count). The maximum atomic E-state index is 13.0. The summed E-state index contributed by atoms with van der Waals surface area (Å²) in [6.07, 6.45) is 0.400. The summed E-state index contributed by atoms with van der Waals surface area (Å²) in [5, 5.41) is 1.59. The molecule has 1 saturated heterocycles. The minimum atomic E-state index is -3.53. The van der Waals surface area contributed by atoms with Crippen molar-refractivity contribution in [1.29, 1.82) is 0 Å². The average molecular weight is 482 g/mol. The normalized spacial score (nSPS) is 14.9. The summed E-state index contributed by atoms with van der Waals surface area (Å²) in [5.41, 5.74) is 0.908. The van der Waals surface area contributed by atoms with Crippen molar-refractivity contribution in [2.24, 2.45) is 0 Å². The van der Waals surface area contributed by atoms with Crippen LogP contribution in [0.15, 0.2) is 47.4 Å².